The van der Waals surface area contributed by atoms with Crippen LogP contribution in [0.25, 0.3) is 0 Å². The normalized spacial score (nSPS) is 35.5. The van der Waals surface area contributed by atoms with Crippen LogP contribution < -0.4 is 0 Å². The molecule has 4 fully saturated rings. The monoisotopic (exact) mass is 492 g/mol. The average molecular weight is 493 g/mol. The Morgan fingerprint density at radius 1 is 0.571 bits per heavy atom. The molecule has 2 aliphatic heterocycles. The molecule has 4 atom stereocenters. The van der Waals surface area contributed by atoms with Crippen molar-refractivity contribution in [2.45, 2.75) is 169 Å². The third-order valence-electron chi connectivity index (χ3n) is 11.5. The molecule has 0 aromatic carbocycles. The van der Waals surface area contributed by atoms with Gasteiger partial charge in [0.25, 0.3) is 0 Å². The van der Waals surface area contributed by atoms with E-state index in [2.05, 4.69) is 41.5 Å². The van der Waals surface area contributed by atoms with E-state index in [1.54, 1.807) is 0 Å². The van der Waals surface area contributed by atoms with E-state index < -0.39 is 0 Å². The lowest BCUT2D eigenvalue weighted by atomic mass is 9.38. The molecule has 2 spiro atoms. The minimum Gasteiger partial charge on any atom is -0.195 e. The quantitative estimate of drug-likeness (QED) is 0.179. The predicted molar refractivity (Wildman–Crippen MR) is 141 cm³/mol. The van der Waals surface area contributed by atoms with E-state index in [1.807, 2.05) is 0 Å². The summed E-state index contributed by atoms with van der Waals surface area (Å²) in [5, 5.41) is 0. The molecule has 0 N–H and O–H groups in total. The Morgan fingerprint density at radius 2 is 0.943 bits per heavy atom. The maximum Gasteiger partial charge on any atom is 0.234 e. The van der Waals surface area contributed by atoms with Gasteiger partial charge in [0.1, 0.15) is 0 Å². The number of hydrogen-bond acceptors (Lipinski definition) is 4. The molecule has 204 valence electrons. The summed E-state index contributed by atoms with van der Waals surface area (Å²) in [5.41, 5.74) is 0.924. The number of rotatable bonds is 14. The first kappa shape index (κ1) is 27.9. The SMILES string of the molecule is CCCCC1CC2(CCC1(CCCC)C(C)(C)C1(CCCC)CCC3(CC1CCCC)OO3)OO2. The molecular formula is C31H56O4. The molecule has 4 unspecified atom stereocenters. The van der Waals surface area contributed by atoms with E-state index in [0.717, 1.165) is 25.7 Å². The average Bonchev–Trinajstić information content (AvgIpc) is 3.79. The van der Waals surface area contributed by atoms with E-state index in [0.29, 0.717) is 22.7 Å². The Bertz CT molecular complexity index is 625. The number of hydrogen-bond donors (Lipinski definition) is 0. The van der Waals surface area contributed by atoms with E-state index in [1.165, 1.54) is 89.9 Å². The molecule has 2 heterocycles. The molecule has 4 nitrogen and oxygen atoms in total. The van der Waals surface area contributed by atoms with Crippen LogP contribution in [0, 0.1) is 28.1 Å². The van der Waals surface area contributed by atoms with Gasteiger partial charge in [-0.2, -0.15) is 19.6 Å². The fraction of sp³-hybridized carbons (Fsp3) is 1.00. The summed E-state index contributed by atoms with van der Waals surface area (Å²) >= 11 is 0. The van der Waals surface area contributed by atoms with E-state index in [-0.39, 0.29) is 17.0 Å². The third-order valence-corrected chi connectivity index (χ3v) is 11.5. The highest BCUT2D eigenvalue weighted by Crippen LogP contribution is 2.72. The minimum atomic E-state index is -0.255. The fourth-order valence-corrected chi connectivity index (χ4v) is 9.07. The summed E-state index contributed by atoms with van der Waals surface area (Å²) in [4.78, 5) is 22.7. The lowest BCUT2D eigenvalue weighted by Gasteiger charge is -2.66. The van der Waals surface area contributed by atoms with Gasteiger partial charge in [-0.15, -0.1) is 0 Å². The van der Waals surface area contributed by atoms with E-state index in [4.69, 9.17) is 19.6 Å². The Morgan fingerprint density at radius 3 is 1.26 bits per heavy atom. The lowest BCUT2D eigenvalue weighted by molar-refractivity contribution is -0.183. The predicted octanol–water partition coefficient (Wildman–Crippen LogP) is 9.66. The van der Waals surface area contributed by atoms with Crippen LogP contribution in [0.3, 0.4) is 0 Å². The Kier molecular flexibility index (Phi) is 8.68. The van der Waals surface area contributed by atoms with E-state index in [9.17, 15) is 0 Å². The summed E-state index contributed by atoms with van der Waals surface area (Å²) in [5.74, 6) is 0.841. The van der Waals surface area contributed by atoms with Crippen LogP contribution in [0.2, 0.25) is 0 Å². The smallest absolute Gasteiger partial charge is 0.195 e. The van der Waals surface area contributed by atoms with Gasteiger partial charge in [-0.1, -0.05) is 92.9 Å². The molecule has 4 rings (SSSR count). The first-order valence-electron chi connectivity index (χ1n) is 15.5. The van der Waals surface area contributed by atoms with Gasteiger partial charge in [0.05, 0.1) is 0 Å². The van der Waals surface area contributed by atoms with E-state index >= 15 is 0 Å². The van der Waals surface area contributed by atoms with Crippen molar-refractivity contribution in [2.24, 2.45) is 28.1 Å². The zero-order valence-electron chi connectivity index (χ0n) is 24.0. The van der Waals surface area contributed by atoms with Crippen LogP contribution in [0.15, 0.2) is 0 Å². The molecule has 0 bridgehead atoms. The van der Waals surface area contributed by atoms with Gasteiger partial charge in [0.15, 0.2) is 0 Å². The second kappa shape index (κ2) is 10.9. The molecule has 0 amide bonds. The van der Waals surface area contributed by atoms with Crippen LogP contribution in [-0.2, 0) is 19.6 Å². The van der Waals surface area contributed by atoms with Crippen LogP contribution in [-0.4, -0.2) is 11.6 Å². The van der Waals surface area contributed by atoms with Crippen molar-refractivity contribution < 1.29 is 19.6 Å². The van der Waals surface area contributed by atoms with Gasteiger partial charge in [-0.3, -0.25) is 0 Å². The van der Waals surface area contributed by atoms with Crippen LogP contribution in [0.4, 0.5) is 0 Å². The lowest BCUT2D eigenvalue weighted by Crippen LogP contribution is -2.60. The third kappa shape index (κ3) is 5.12. The molecular weight excluding hydrogens is 436 g/mol. The first-order chi connectivity index (χ1) is 16.8. The van der Waals surface area contributed by atoms with Crippen molar-refractivity contribution >= 4 is 0 Å². The van der Waals surface area contributed by atoms with Gasteiger partial charge in [-0.05, 0) is 66.6 Å². The van der Waals surface area contributed by atoms with Crippen molar-refractivity contribution in [3.63, 3.8) is 0 Å². The minimum absolute atomic E-state index is 0.244. The van der Waals surface area contributed by atoms with Crippen molar-refractivity contribution in [1.82, 2.24) is 0 Å². The summed E-state index contributed by atoms with van der Waals surface area (Å²) in [6.45, 7) is 14.9. The Hall–Kier alpha value is -0.160. The highest BCUT2D eigenvalue weighted by Gasteiger charge is 2.69. The van der Waals surface area contributed by atoms with Gasteiger partial charge in [0, 0.05) is 25.7 Å². The van der Waals surface area contributed by atoms with Gasteiger partial charge in [-0.25, -0.2) is 0 Å². The molecule has 0 radical (unpaired) electrons. The summed E-state index contributed by atoms with van der Waals surface area (Å²) < 4.78 is 0. The van der Waals surface area contributed by atoms with Crippen LogP contribution in [0.1, 0.15) is 157 Å². The Labute approximate surface area is 216 Å². The molecule has 2 saturated carbocycles. The topological polar surface area (TPSA) is 50.1 Å². The largest absolute Gasteiger partial charge is 0.234 e. The van der Waals surface area contributed by atoms with Crippen LogP contribution >= 0.6 is 0 Å². The second-order valence-corrected chi connectivity index (χ2v) is 13.4. The molecule has 4 heteroatoms. The molecule has 2 saturated heterocycles. The van der Waals surface area contributed by atoms with Gasteiger partial charge < -0.3 is 0 Å². The van der Waals surface area contributed by atoms with Crippen LogP contribution in [0.5, 0.6) is 0 Å². The first-order valence-corrected chi connectivity index (χ1v) is 15.5. The molecule has 4 aliphatic rings. The van der Waals surface area contributed by atoms with Crippen molar-refractivity contribution in [3.8, 4) is 0 Å². The Balaban J connectivity index is 1.76. The second-order valence-electron chi connectivity index (χ2n) is 13.4. The zero-order chi connectivity index (χ0) is 25.2. The van der Waals surface area contributed by atoms with Gasteiger partial charge >= 0.3 is 0 Å². The fourth-order valence-electron chi connectivity index (χ4n) is 9.07. The van der Waals surface area contributed by atoms with Crippen molar-refractivity contribution in [2.75, 3.05) is 0 Å². The summed E-state index contributed by atoms with van der Waals surface area (Å²) in [6.07, 6.45) is 22.6. The number of unbranched alkanes of at least 4 members (excludes halogenated alkanes) is 4. The van der Waals surface area contributed by atoms with Crippen molar-refractivity contribution in [1.29, 1.82) is 0 Å². The molecule has 0 aromatic heterocycles. The summed E-state index contributed by atoms with van der Waals surface area (Å²) in [6, 6.07) is 0. The molecule has 35 heavy (non-hydrogen) atoms. The van der Waals surface area contributed by atoms with Gasteiger partial charge in [0.2, 0.25) is 11.6 Å². The molecule has 0 aromatic rings. The standard InChI is InChI=1S/C31H56O4/c1-7-11-15-25-23-30(32-33-30)21-19-28(25,17-13-9-3)27(5,6)29(18-14-10-4)20-22-31(34-35-31)24-26(29)16-12-8-2/h25-26H,7-24H2,1-6H3. The highest BCUT2D eigenvalue weighted by atomic mass is 17.4. The van der Waals surface area contributed by atoms with Crippen molar-refractivity contribution in [3.05, 3.63) is 0 Å². The molecule has 2 aliphatic carbocycles. The summed E-state index contributed by atoms with van der Waals surface area (Å²) in [7, 11) is 0. The highest BCUT2D eigenvalue weighted by molar-refractivity contribution is 5.13. The maximum absolute atomic E-state index is 5.67. The maximum atomic E-state index is 5.67. The zero-order valence-corrected chi connectivity index (χ0v) is 24.0.